The third-order valence-electron chi connectivity index (χ3n) is 6.93. The molecule has 0 amide bonds. The van der Waals surface area contributed by atoms with Crippen molar-refractivity contribution >= 4 is 0 Å². The van der Waals surface area contributed by atoms with Crippen LogP contribution in [0.2, 0.25) is 0 Å². The van der Waals surface area contributed by atoms with Crippen molar-refractivity contribution in [3.05, 3.63) is 78.0 Å². The second-order valence-electron chi connectivity index (χ2n) is 9.00. The average molecular weight is 398 g/mol. The molecule has 0 saturated heterocycles. The van der Waals surface area contributed by atoms with Crippen LogP contribution in [0.1, 0.15) is 49.8 Å². The molecule has 30 heavy (non-hydrogen) atoms. The lowest BCUT2D eigenvalue weighted by Crippen LogP contribution is -2.40. The van der Waals surface area contributed by atoms with Crippen LogP contribution in [0.25, 0.3) is 11.3 Å². The molecule has 0 bridgehead atoms. The van der Waals surface area contributed by atoms with Crippen LogP contribution in [0, 0.1) is 17.2 Å². The molecule has 1 heterocycles. The molecule has 4 heteroatoms. The van der Waals surface area contributed by atoms with Crippen molar-refractivity contribution in [3.8, 4) is 17.3 Å². The predicted octanol–water partition coefficient (Wildman–Crippen LogP) is 5.18. The molecule has 2 saturated carbocycles. The van der Waals surface area contributed by atoms with Crippen LogP contribution in [-0.4, -0.2) is 14.9 Å². The second kappa shape index (κ2) is 7.41. The number of rotatable bonds is 5. The third-order valence-corrected chi connectivity index (χ3v) is 6.93. The normalized spacial score (nSPS) is 26.3. The van der Waals surface area contributed by atoms with Crippen LogP contribution in [0.15, 0.2) is 66.7 Å². The van der Waals surface area contributed by atoms with Gasteiger partial charge in [0.25, 0.3) is 0 Å². The summed E-state index contributed by atoms with van der Waals surface area (Å²) >= 11 is 0. The van der Waals surface area contributed by atoms with Crippen molar-refractivity contribution in [3.63, 3.8) is 0 Å². The molecule has 0 atom stereocenters. The summed E-state index contributed by atoms with van der Waals surface area (Å²) < 4.78 is 2.04. The second-order valence-corrected chi connectivity index (χ2v) is 9.00. The quantitative estimate of drug-likeness (QED) is 0.645. The fourth-order valence-electron chi connectivity index (χ4n) is 4.79. The molecule has 2 fully saturated rings. The summed E-state index contributed by atoms with van der Waals surface area (Å²) in [5.41, 5.74) is 2.50. The fourth-order valence-corrected chi connectivity index (χ4v) is 4.79. The lowest BCUT2D eigenvalue weighted by atomic mass is 9.65. The molecule has 0 spiro atoms. The van der Waals surface area contributed by atoms with Crippen molar-refractivity contribution in [2.75, 3.05) is 0 Å². The van der Waals surface area contributed by atoms with E-state index in [2.05, 4.69) is 24.3 Å². The first kappa shape index (κ1) is 19.1. The van der Waals surface area contributed by atoms with Crippen molar-refractivity contribution in [2.24, 2.45) is 5.92 Å². The Morgan fingerprint density at radius 1 is 0.967 bits per heavy atom. The fraction of sp³-hybridized carbons (Fsp3) is 0.385. The number of hydrogen-bond acceptors (Lipinski definition) is 3. The zero-order valence-electron chi connectivity index (χ0n) is 17.2. The Kier molecular flexibility index (Phi) is 4.72. The van der Waals surface area contributed by atoms with Gasteiger partial charge in [0.15, 0.2) is 0 Å². The lowest BCUT2D eigenvalue weighted by Gasteiger charge is -2.40. The first-order chi connectivity index (χ1) is 14.6. The average Bonchev–Trinajstić information content (AvgIpc) is 3.51. The largest absolute Gasteiger partial charge is 0.384 e. The van der Waals surface area contributed by atoms with E-state index in [-0.39, 0.29) is 0 Å². The number of aliphatic hydroxyl groups is 1. The summed E-state index contributed by atoms with van der Waals surface area (Å²) in [7, 11) is 0. The Morgan fingerprint density at radius 3 is 2.20 bits per heavy atom. The highest BCUT2D eigenvalue weighted by molar-refractivity contribution is 5.59. The molecule has 0 unspecified atom stereocenters. The van der Waals surface area contributed by atoms with Crippen molar-refractivity contribution < 1.29 is 5.11 Å². The number of benzene rings is 2. The van der Waals surface area contributed by atoms with E-state index in [4.69, 9.17) is 5.10 Å². The monoisotopic (exact) mass is 397 g/mol. The van der Waals surface area contributed by atoms with E-state index >= 15 is 0 Å². The minimum absolute atomic E-state index is 0.517. The molecule has 5 rings (SSSR count). The highest BCUT2D eigenvalue weighted by Gasteiger charge is 2.45. The van der Waals surface area contributed by atoms with Crippen LogP contribution in [0.5, 0.6) is 0 Å². The van der Waals surface area contributed by atoms with Crippen molar-refractivity contribution in [1.82, 2.24) is 9.78 Å². The highest BCUT2D eigenvalue weighted by atomic mass is 16.3. The lowest BCUT2D eigenvalue weighted by molar-refractivity contribution is -0.0215. The molecule has 0 aliphatic heterocycles. The summed E-state index contributed by atoms with van der Waals surface area (Å²) in [6, 6.07) is 24.9. The first-order valence-electron chi connectivity index (χ1n) is 10.9. The molecule has 4 nitrogen and oxygen atoms in total. The maximum atomic E-state index is 11.7. The molecular formula is C26H27N3O. The number of nitrogens with zero attached hydrogens (tertiary/aromatic N) is 3. The van der Waals surface area contributed by atoms with Crippen molar-refractivity contribution in [1.29, 1.82) is 5.26 Å². The van der Waals surface area contributed by atoms with E-state index in [1.165, 1.54) is 12.8 Å². The Hall–Kier alpha value is -2.90. The molecule has 1 aromatic heterocycles. The summed E-state index contributed by atoms with van der Waals surface area (Å²) in [4.78, 5) is 0. The molecule has 2 aromatic carbocycles. The van der Waals surface area contributed by atoms with E-state index in [1.807, 2.05) is 53.2 Å². The predicted molar refractivity (Wildman–Crippen MR) is 116 cm³/mol. The Labute approximate surface area is 177 Å². The minimum Gasteiger partial charge on any atom is -0.384 e. The molecular weight excluding hydrogens is 370 g/mol. The van der Waals surface area contributed by atoms with Gasteiger partial charge < -0.3 is 5.11 Å². The van der Waals surface area contributed by atoms with Crippen molar-refractivity contribution in [2.45, 2.75) is 56.1 Å². The summed E-state index contributed by atoms with van der Waals surface area (Å²) in [5.74, 6) is 0.669. The summed E-state index contributed by atoms with van der Waals surface area (Å²) in [5, 5.41) is 26.6. The zero-order valence-corrected chi connectivity index (χ0v) is 17.2. The first-order valence-corrected chi connectivity index (χ1v) is 10.9. The van der Waals surface area contributed by atoms with E-state index in [0.29, 0.717) is 31.6 Å². The van der Waals surface area contributed by atoms with Gasteiger partial charge in [-0.15, -0.1) is 0 Å². The highest BCUT2D eigenvalue weighted by Crippen LogP contribution is 2.47. The van der Waals surface area contributed by atoms with Crippen LogP contribution in [0.3, 0.4) is 0 Å². The van der Waals surface area contributed by atoms with Crippen LogP contribution < -0.4 is 0 Å². The van der Waals surface area contributed by atoms with Gasteiger partial charge in [-0.2, -0.15) is 10.4 Å². The van der Waals surface area contributed by atoms with Gasteiger partial charge in [-0.1, -0.05) is 60.7 Å². The zero-order chi connectivity index (χ0) is 20.6. The van der Waals surface area contributed by atoms with Gasteiger partial charge in [-0.3, -0.25) is 4.68 Å². The molecule has 2 aliphatic rings. The Morgan fingerprint density at radius 2 is 1.60 bits per heavy atom. The smallest absolute Gasteiger partial charge is 0.106 e. The van der Waals surface area contributed by atoms with Crippen LogP contribution in [0.4, 0.5) is 0 Å². The van der Waals surface area contributed by atoms with E-state index in [9.17, 15) is 10.4 Å². The number of nitriles is 1. The Bertz CT molecular complexity index is 1050. The van der Waals surface area contributed by atoms with Gasteiger partial charge in [-0.05, 0) is 56.1 Å². The third kappa shape index (κ3) is 3.44. The number of hydrogen-bond donors (Lipinski definition) is 1. The summed E-state index contributed by atoms with van der Waals surface area (Å²) in [6.45, 7) is 0.868. The minimum atomic E-state index is -0.940. The van der Waals surface area contributed by atoms with Gasteiger partial charge >= 0.3 is 0 Å². The maximum Gasteiger partial charge on any atom is 0.106 e. The van der Waals surface area contributed by atoms with Gasteiger partial charge in [0.1, 0.15) is 5.60 Å². The molecule has 3 aromatic rings. The van der Waals surface area contributed by atoms with E-state index in [1.54, 1.807) is 0 Å². The van der Waals surface area contributed by atoms with Crippen LogP contribution >= 0.6 is 0 Å². The molecule has 2 aliphatic carbocycles. The van der Waals surface area contributed by atoms with Gasteiger partial charge in [0, 0.05) is 12.1 Å². The van der Waals surface area contributed by atoms with Crippen LogP contribution in [-0.2, 0) is 17.6 Å². The topological polar surface area (TPSA) is 61.8 Å². The van der Waals surface area contributed by atoms with Gasteiger partial charge in [-0.25, -0.2) is 0 Å². The Balaban J connectivity index is 1.46. The van der Waals surface area contributed by atoms with Gasteiger partial charge in [0.05, 0.1) is 22.9 Å². The molecule has 152 valence electrons. The standard InChI is InChI=1S/C26H27N3O/c27-19-25(22-9-5-2-6-10-22)13-15-26(30,16-14-25)24-17-23(21-7-3-1-4-8-21)28-29(24)18-20-11-12-20/h1-10,17,20,30H,11-16,18H2/t25-,26+. The molecule has 0 radical (unpaired) electrons. The number of aromatic nitrogens is 2. The summed E-state index contributed by atoms with van der Waals surface area (Å²) in [6.07, 6.45) is 4.92. The van der Waals surface area contributed by atoms with E-state index < -0.39 is 11.0 Å². The SMILES string of the molecule is N#C[C@]1(c2ccccc2)CC[C@](O)(c2cc(-c3ccccc3)nn2CC2CC2)CC1. The van der Waals surface area contributed by atoms with Gasteiger partial charge in [0.2, 0.25) is 0 Å². The van der Waals surface area contributed by atoms with E-state index in [0.717, 1.165) is 29.1 Å². The molecule has 1 N–H and O–H groups in total. The maximum absolute atomic E-state index is 11.7.